The second kappa shape index (κ2) is 9.40. The maximum Gasteiger partial charge on any atom is 0.228 e. The summed E-state index contributed by atoms with van der Waals surface area (Å²) in [7, 11) is -2.91. The summed E-state index contributed by atoms with van der Waals surface area (Å²) in [6.07, 6.45) is 10.4. The summed E-state index contributed by atoms with van der Waals surface area (Å²) in [4.78, 5) is 17.5. The second-order valence-corrected chi connectivity index (χ2v) is 13.8. The maximum atomic E-state index is 15.3. The Morgan fingerprint density at radius 3 is 2.75 bits per heavy atom. The number of hydrogen-bond donors (Lipinski definition) is 2. The van der Waals surface area contributed by atoms with Crippen molar-refractivity contribution in [2.75, 3.05) is 5.32 Å². The first-order valence-corrected chi connectivity index (χ1v) is 15.3. The number of carbonyl (C=O) groups is 1. The molecule has 0 saturated heterocycles. The van der Waals surface area contributed by atoms with Crippen molar-refractivity contribution < 1.29 is 18.1 Å². The van der Waals surface area contributed by atoms with Gasteiger partial charge in [-0.3, -0.25) is 14.5 Å². The molecule has 4 aliphatic carbocycles. The number of nitrogens with one attached hydrogen (secondary N) is 2. The van der Waals surface area contributed by atoms with Crippen LogP contribution in [-0.2, 0) is 20.9 Å². The normalized spacial score (nSPS) is 23.0. The number of carbonyl (C=O) groups excluding carboxylic acids is 1. The molecule has 2 heterocycles. The first-order valence-electron chi connectivity index (χ1n) is 13.7. The summed E-state index contributed by atoms with van der Waals surface area (Å²) < 4.78 is 44.7. The molecule has 1 amide bonds. The molecule has 4 fully saturated rings. The molecule has 206 valence electrons. The Morgan fingerprint density at radius 1 is 1.20 bits per heavy atom. The third-order valence-electron chi connectivity index (χ3n) is 8.50. The van der Waals surface area contributed by atoms with Gasteiger partial charge < -0.3 is 10.1 Å². The molecule has 2 N–H and O–H groups in total. The van der Waals surface area contributed by atoms with Crippen molar-refractivity contribution in [3.8, 4) is 11.5 Å². The Balaban J connectivity index is 1.07. The van der Waals surface area contributed by atoms with Gasteiger partial charge in [-0.25, -0.2) is 13.4 Å². The molecule has 4 saturated carbocycles. The molecule has 0 radical (unpaired) electrons. The average molecular weight is 560 g/mol. The van der Waals surface area contributed by atoms with E-state index in [1.807, 2.05) is 10.9 Å². The standard InChI is InChI=1S/C30H30FN5O3S/c1-17-8-18(13-29(37)35-21-15-34-36(16-21)27-12-19-9-20(27)10-19)11-25(31)30(17)39-28-6-7-33-26-5-4-23(14-24(26)28)40(32,38)22-2-3-22/h4-8,11,14-16,19-20,22,27,32H,2-3,9-10,12-13H2,1H3,(H,35,37)/t19?,20?,27-,40?/m1/s1. The molecule has 4 aromatic rings. The van der Waals surface area contributed by atoms with Crippen LogP contribution >= 0.6 is 0 Å². The predicted octanol–water partition coefficient (Wildman–Crippen LogP) is 6.39. The number of pyridine rings is 1. The number of nitrogens with zero attached hydrogens (tertiary/aromatic N) is 3. The van der Waals surface area contributed by atoms with Crippen molar-refractivity contribution >= 4 is 32.2 Å². The van der Waals surface area contributed by atoms with Gasteiger partial charge in [-0.2, -0.15) is 5.10 Å². The molecule has 2 bridgehead atoms. The SMILES string of the molecule is Cc1cc(CC(=O)Nc2cnn([C@@H]3CC4CC3C4)c2)cc(F)c1Oc1ccnc2ccc(S(=N)(=O)C3CC3)cc12. The fourth-order valence-electron chi connectivity index (χ4n) is 6.24. The molecule has 2 aromatic heterocycles. The number of aromatic nitrogens is 3. The van der Waals surface area contributed by atoms with Gasteiger partial charge in [-0.05, 0) is 92.3 Å². The summed E-state index contributed by atoms with van der Waals surface area (Å²) in [6, 6.07) is 10.2. The number of fused-ring (bicyclic) bond motifs is 2. The van der Waals surface area contributed by atoms with Gasteiger partial charge in [-0.1, -0.05) is 6.07 Å². The Bertz CT molecular complexity index is 1740. The molecular formula is C30H30FN5O3S. The van der Waals surface area contributed by atoms with Crippen LogP contribution in [0.2, 0.25) is 0 Å². The highest BCUT2D eigenvalue weighted by Crippen LogP contribution is 2.54. The molecule has 2 aromatic carbocycles. The largest absolute Gasteiger partial charge is 0.453 e. The third-order valence-corrected chi connectivity index (χ3v) is 10.9. The van der Waals surface area contributed by atoms with E-state index in [4.69, 9.17) is 9.52 Å². The third kappa shape index (κ3) is 4.54. The van der Waals surface area contributed by atoms with E-state index in [2.05, 4.69) is 15.4 Å². The Morgan fingerprint density at radius 2 is 2.02 bits per heavy atom. The van der Waals surface area contributed by atoms with Crippen LogP contribution in [0.4, 0.5) is 10.1 Å². The van der Waals surface area contributed by atoms with Crippen molar-refractivity contribution in [2.24, 2.45) is 11.8 Å². The van der Waals surface area contributed by atoms with Crippen molar-refractivity contribution in [3.63, 3.8) is 0 Å². The lowest BCUT2D eigenvalue weighted by atomic mass is 9.84. The fraction of sp³-hybridized carbons (Fsp3) is 0.367. The highest BCUT2D eigenvalue weighted by molar-refractivity contribution is 7.93. The Labute approximate surface area is 231 Å². The lowest BCUT2D eigenvalue weighted by Gasteiger charge is -2.24. The molecule has 1 unspecified atom stereocenters. The van der Waals surface area contributed by atoms with Crippen LogP contribution in [0.1, 0.15) is 49.3 Å². The van der Waals surface area contributed by atoms with Gasteiger partial charge in [0.2, 0.25) is 5.91 Å². The van der Waals surface area contributed by atoms with E-state index in [0.717, 1.165) is 25.2 Å². The van der Waals surface area contributed by atoms with Gasteiger partial charge in [0.15, 0.2) is 11.6 Å². The summed E-state index contributed by atoms with van der Waals surface area (Å²) in [5.74, 6) is 1.11. The number of aryl methyl sites for hydroxylation is 1. The minimum atomic E-state index is -2.91. The summed E-state index contributed by atoms with van der Waals surface area (Å²) >= 11 is 0. The molecule has 4 aliphatic rings. The van der Waals surface area contributed by atoms with E-state index in [-0.39, 0.29) is 23.3 Å². The fourth-order valence-corrected chi connectivity index (χ4v) is 7.99. The number of rotatable bonds is 8. The molecule has 10 heteroatoms. The van der Waals surface area contributed by atoms with Crippen molar-refractivity contribution in [1.29, 1.82) is 4.78 Å². The van der Waals surface area contributed by atoms with Gasteiger partial charge in [0.25, 0.3) is 0 Å². The topological polar surface area (TPSA) is 110 Å². The number of hydrogen-bond acceptors (Lipinski definition) is 6. The lowest BCUT2D eigenvalue weighted by molar-refractivity contribution is -0.115. The minimum Gasteiger partial charge on any atom is -0.453 e. The number of benzene rings is 2. The molecule has 2 atom stereocenters. The number of amides is 1. The van der Waals surface area contributed by atoms with Crippen LogP contribution in [0.5, 0.6) is 11.5 Å². The van der Waals surface area contributed by atoms with E-state index in [1.165, 1.54) is 18.9 Å². The predicted molar refractivity (Wildman–Crippen MR) is 150 cm³/mol. The minimum absolute atomic E-state index is 0.0118. The number of halogens is 1. The Hall–Kier alpha value is -3.79. The van der Waals surface area contributed by atoms with Crippen LogP contribution in [0, 0.1) is 29.4 Å². The first kappa shape index (κ1) is 25.2. The smallest absolute Gasteiger partial charge is 0.228 e. The highest BCUT2D eigenvalue weighted by atomic mass is 32.2. The monoisotopic (exact) mass is 559 g/mol. The zero-order valence-electron chi connectivity index (χ0n) is 22.1. The number of ether oxygens (including phenoxy) is 1. The quantitative estimate of drug-likeness (QED) is 0.260. The molecule has 0 spiro atoms. The molecular weight excluding hydrogens is 529 g/mol. The first-order chi connectivity index (χ1) is 19.2. The van der Waals surface area contributed by atoms with Crippen LogP contribution in [-0.4, -0.2) is 30.1 Å². The van der Waals surface area contributed by atoms with E-state index in [9.17, 15) is 9.00 Å². The van der Waals surface area contributed by atoms with Crippen LogP contribution < -0.4 is 10.1 Å². The van der Waals surface area contributed by atoms with Crippen LogP contribution in [0.3, 0.4) is 0 Å². The van der Waals surface area contributed by atoms with Crippen LogP contribution in [0.15, 0.2) is 59.9 Å². The van der Waals surface area contributed by atoms with Gasteiger partial charge in [0, 0.05) is 27.9 Å². The summed E-state index contributed by atoms with van der Waals surface area (Å²) in [5, 5.41) is 7.79. The van der Waals surface area contributed by atoms with Crippen molar-refractivity contribution in [1.82, 2.24) is 14.8 Å². The zero-order chi connectivity index (χ0) is 27.6. The van der Waals surface area contributed by atoms with Crippen molar-refractivity contribution in [3.05, 3.63) is 71.9 Å². The van der Waals surface area contributed by atoms with Crippen LogP contribution in [0.25, 0.3) is 10.9 Å². The maximum absolute atomic E-state index is 15.3. The zero-order valence-corrected chi connectivity index (χ0v) is 22.9. The highest BCUT2D eigenvalue weighted by Gasteiger charge is 2.45. The summed E-state index contributed by atoms with van der Waals surface area (Å²) in [5.41, 5.74) is 2.32. The summed E-state index contributed by atoms with van der Waals surface area (Å²) in [6.45, 7) is 1.73. The average Bonchev–Trinajstić information content (AvgIpc) is 3.34. The van der Waals surface area contributed by atoms with Gasteiger partial charge in [-0.15, -0.1) is 0 Å². The van der Waals surface area contributed by atoms with E-state index in [1.54, 1.807) is 49.6 Å². The van der Waals surface area contributed by atoms with E-state index >= 15 is 4.39 Å². The molecule has 40 heavy (non-hydrogen) atoms. The molecule has 8 rings (SSSR count). The Kier molecular flexibility index (Phi) is 5.92. The van der Waals surface area contributed by atoms with E-state index < -0.39 is 15.5 Å². The van der Waals surface area contributed by atoms with E-state index in [0.29, 0.717) is 50.3 Å². The lowest BCUT2D eigenvalue weighted by Crippen LogP contribution is -2.17. The van der Waals surface area contributed by atoms with Gasteiger partial charge >= 0.3 is 0 Å². The molecule has 8 nitrogen and oxygen atoms in total. The molecule has 0 aliphatic heterocycles. The van der Waals surface area contributed by atoms with Gasteiger partial charge in [0.05, 0.1) is 39.6 Å². The number of anilines is 1. The van der Waals surface area contributed by atoms with Gasteiger partial charge in [0.1, 0.15) is 5.75 Å². The second-order valence-electron chi connectivity index (χ2n) is 11.4. The van der Waals surface area contributed by atoms with Crippen molar-refractivity contribution in [2.45, 2.75) is 61.6 Å².